The fourth-order valence-electron chi connectivity index (χ4n) is 1.14. The van der Waals surface area contributed by atoms with Gasteiger partial charge < -0.3 is 10.2 Å². The van der Waals surface area contributed by atoms with Crippen LogP contribution in [0.3, 0.4) is 0 Å². The van der Waals surface area contributed by atoms with Crippen LogP contribution in [0.15, 0.2) is 18.3 Å². The lowest BCUT2D eigenvalue weighted by Gasteiger charge is -2.20. The molecule has 0 saturated heterocycles. The number of rotatable bonds is 4. The molecule has 0 fully saturated rings. The molecule has 0 saturated carbocycles. The van der Waals surface area contributed by atoms with Gasteiger partial charge in [-0.05, 0) is 33.2 Å². The summed E-state index contributed by atoms with van der Waals surface area (Å²) < 4.78 is 37.3. The van der Waals surface area contributed by atoms with Gasteiger partial charge in [-0.15, -0.1) is 0 Å². The van der Waals surface area contributed by atoms with Gasteiger partial charge in [-0.3, -0.25) is 0 Å². The monoisotopic (exact) mass is 247 g/mol. The lowest BCUT2D eigenvalue weighted by Crippen LogP contribution is -2.31. The topological polar surface area (TPSA) is 28.2 Å². The van der Waals surface area contributed by atoms with E-state index in [2.05, 4.69) is 10.3 Å². The second-order valence-corrected chi connectivity index (χ2v) is 4.12. The molecule has 1 atom stereocenters. The van der Waals surface area contributed by atoms with Crippen LogP contribution in [0.1, 0.15) is 12.5 Å². The fourth-order valence-corrected chi connectivity index (χ4v) is 1.14. The van der Waals surface area contributed by atoms with Gasteiger partial charge in [-0.2, -0.15) is 13.2 Å². The summed E-state index contributed by atoms with van der Waals surface area (Å²) in [5.41, 5.74) is -0.687. The Morgan fingerprint density at radius 2 is 2.06 bits per heavy atom. The lowest BCUT2D eigenvalue weighted by atomic mass is 10.2. The zero-order valence-corrected chi connectivity index (χ0v) is 10.0. The molecule has 0 spiro atoms. The zero-order valence-electron chi connectivity index (χ0n) is 10.0. The maximum atomic E-state index is 12.4. The van der Waals surface area contributed by atoms with E-state index in [1.807, 2.05) is 25.9 Å². The van der Waals surface area contributed by atoms with Crippen molar-refractivity contribution in [2.75, 3.05) is 26.0 Å². The van der Waals surface area contributed by atoms with E-state index in [1.54, 1.807) is 0 Å². The Kier molecular flexibility index (Phi) is 4.34. The summed E-state index contributed by atoms with van der Waals surface area (Å²) in [5, 5.41) is 2.89. The first-order valence-corrected chi connectivity index (χ1v) is 5.24. The number of halogens is 3. The summed E-state index contributed by atoms with van der Waals surface area (Å²) in [6.45, 7) is 2.52. The van der Waals surface area contributed by atoms with Crippen molar-refractivity contribution in [2.24, 2.45) is 0 Å². The number of anilines is 1. The highest BCUT2D eigenvalue weighted by atomic mass is 19.4. The van der Waals surface area contributed by atoms with Crippen LogP contribution >= 0.6 is 0 Å². The molecule has 0 radical (unpaired) electrons. The van der Waals surface area contributed by atoms with Crippen molar-refractivity contribution in [3.63, 3.8) is 0 Å². The summed E-state index contributed by atoms with van der Waals surface area (Å²) in [4.78, 5) is 5.83. The Bertz CT molecular complexity index is 363. The van der Waals surface area contributed by atoms with Crippen molar-refractivity contribution in [2.45, 2.75) is 19.1 Å². The van der Waals surface area contributed by atoms with Crippen LogP contribution in [0.25, 0.3) is 0 Å². The Hall–Kier alpha value is -1.30. The minimum absolute atomic E-state index is 0.214. The number of pyridine rings is 1. The van der Waals surface area contributed by atoms with Gasteiger partial charge in [-0.1, -0.05) is 0 Å². The zero-order chi connectivity index (χ0) is 13.1. The molecule has 1 aromatic rings. The quantitative estimate of drug-likeness (QED) is 0.885. The number of hydrogen-bond donors (Lipinski definition) is 1. The summed E-state index contributed by atoms with van der Waals surface area (Å²) >= 11 is 0. The maximum Gasteiger partial charge on any atom is 0.416 e. The second kappa shape index (κ2) is 5.35. The van der Waals surface area contributed by atoms with Crippen molar-refractivity contribution in [1.82, 2.24) is 9.88 Å². The molecule has 3 nitrogen and oxygen atoms in total. The number of hydrogen-bond acceptors (Lipinski definition) is 3. The van der Waals surface area contributed by atoms with Crippen LogP contribution in [0.2, 0.25) is 0 Å². The van der Waals surface area contributed by atoms with Crippen LogP contribution < -0.4 is 5.32 Å². The molecule has 96 valence electrons. The SMILES string of the molecule is CC(CNc1cc(C(F)(F)F)ccn1)N(C)C. The van der Waals surface area contributed by atoms with E-state index in [-0.39, 0.29) is 11.9 Å². The van der Waals surface area contributed by atoms with E-state index in [9.17, 15) is 13.2 Å². The normalized spacial score (nSPS) is 13.8. The van der Waals surface area contributed by atoms with Crippen molar-refractivity contribution < 1.29 is 13.2 Å². The standard InChI is InChI=1S/C11H16F3N3/c1-8(17(2)3)7-16-10-6-9(4-5-15-10)11(12,13)14/h4-6,8H,7H2,1-3H3,(H,15,16). The molecule has 1 unspecified atom stereocenters. The minimum atomic E-state index is -4.33. The highest BCUT2D eigenvalue weighted by molar-refractivity contribution is 5.38. The fraction of sp³-hybridized carbons (Fsp3) is 0.545. The molecule has 0 aliphatic rings. The Labute approximate surface area is 98.6 Å². The molecule has 0 aliphatic heterocycles. The number of alkyl halides is 3. The van der Waals surface area contributed by atoms with Crippen molar-refractivity contribution in [3.8, 4) is 0 Å². The van der Waals surface area contributed by atoms with Gasteiger partial charge >= 0.3 is 6.18 Å². The summed E-state index contributed by atoms with van der Waals surface area (Å²) in [6, 6.07) is 2.19. The first-order valence-electron chi connectivity index (χ1n) is 5.24. The number of aromatic nitrogens is 1. The summed E-state index contributed by atoms with van der Waals surface area (Å²) in [5.74, 6) is 0.244. The van der Waals surface area contributed by atoms with E-state index < -0.39 is 11.7 Å². The third-order valence-corrected chi connectivity index (χ3v) is 2.55. The molecule has 17 heavy (non-hydrogen) atoms. The maximum absolute atomic E-state index is 12.4. The van der Waals surface area contributed by atoms with Crippen LogP contribution in [-0.2, 0) is 6.18 Å². The van der Waals surface area contributed by atoms with E-state index in [1.165, 1.54) is 0 Å². The van der Waals surface area contributed by atoms with E-state index in [4.69, 9.17) is 0 Å². The van der Waals surface area contributed by atoms with Gasteiger partial charge in [0, 0.05) is 18.8 Å². The first-order chi connectivity index (χ1) is 7.80. The molecule has 0 aliphatic carbocycles. The number of likely N-dealkylation sites (N-methyl/N-ethyl adjacent to an activating group) is 1. The predicted octanol–water partition coefficient (Wildman–Crippen LogP) is 2.46. The molecular formula is C11H16F3N3. The van der Waals surface area contributed by atoms with Crippen LogP contribution in [0.4, 0.5) is 19.0 Å². The van der Waals surface area contributed by atoms with Crippen molar-refractivity contribution in [3.05, 3.63) is 23.9 Å². The van der Waals surface area contributed by atoms with Gasteiger partial charge in [0.05, 0.1) is 5.56 Å². The number of nitrogens with one attached hydrogen (secondary N) is 1. The largest absolute Gasteiger partial charge is 0.416 e. The molecule has 1 aromatic heterocycles. The highest BCUT2D eigenvalue weighted by Gasteiger charge is 2.30. The molecule has 1 heterocycles. The number of nitrogens with zero attached hydrogens (tertiary/aromatic N) is 2. The van der Waals surface area contributed by atoms with Crippen LogP contribution in [0, 0.1) is 0 Å². The average Bonchev–Trinajstić information content (AvgIpc) is 2.25. The molecule has 1 rings (SSSR count). The summed E-state index contributed by atoms with van der Waals surface area (Å²) in [6.07, 6.45) is -3.17. The lowest BCUT2D eigenvalue weighted by molar-refractivity contribution is -0.137. The average molecular weight is 247 g/mol. The van der Waals surface area contributed by atoms with Gasteiger partial charge in [0.15, 0.2) is 0 Å². The summed E-state index contributed by atoms with van der Waals surface area (Å²) in [7, 11) is 3.82. The Morgan fingerprint density at radius 3 is 2.59 bits per heavy atom. The molecule has 0 bridgehead atoms. The third-order valence-electron chi connectivity index (χ3n) is 2.55. The van der Waals surface area contributed by atoms with Crippen molar-refractivity contribution in [1.29, 1.82) is 0 Å². The molecule has 6 heteroatoms. The molecule has 0 amide bonds. The van der Waals surface area contributed by atoms with Crippen molar-refractivity contribution >= 4 is 5.82 Å². The van der Waals surface area contributed by atoms with E-state index >= 15 is 0 Å². The van der Waals surface area contributed by atoms with Gasteiger partial charge in [-0.25, -0.2) is 4.98 Å². The van der Waals surface area contributed by atoms with Gasteiger partial charge in [0.1, 0.15) is 5.82 Å². The van der Waals surface area contributed by atoms with E-state index in [0.29, 0.717) is 6.54 Å². The van der Waals surface area contributed by atoms with Gasteiger partial charge in [0.25, 0.3) is 0 Å². The molecule has 1 N–H and O–H groups in total. The van der Waals surface area contributed by atoms with Crippen LogP contribution in [-0.4, -0.2) is 36.6 Å². The third kappa shape index (κ3) is 4.22. The molecule has 0 aromatic carbocycles. The predicted molar refractivity (Wildman–Crippen MR) is 60.9 cm³/mol. The highest BCUT2D eigenvalue weighted by Crippen LogP contribution is 2.29. The smallest absolute Gasteiger partial charge is 0.369 e. The minimum Gasteiger partial charge on any atom is -0.369 e. The Balaban J connectivity index is 2.67. The second-order valence-electron chi connectivity index (χ2n) is 4.12. The Morgan fingerprint density at radius 1 is 1.41 bits per heavy atom. The van der Waals surface area contributed by atoms with Gasteiger partial charge in [0.2, 0.25) is 0 Å². The first kappa shape index (κ1) is 13.8. The molecular weight excluding hydrogens is 231 g/mol. The van der Waals surface area contributed by atoms with Crippen LogP contribution in [0.5, 0.6) is 0 Å². The van der Waals surface area contributed by atoms with E-state index in [0.717, 1.165) is 18.3 Å².